The number of nitrogens with zero attached hydrogens (tertiary/aromatic N) is 7. The zero-order valence-corrected chi connectivity index (χ0v) is 16.0. The smallest absolute Gasteiger partial charge is 0.320 e. The first-order valence-corrected chi connectivity index (χ1v) is 9.87. The van der Waals surface area contributed by atoms with E-state index >= 15 is 0 Å². The topological polar surface area (TPSA) is 101 Å². The highest BCUT2D eigenvalue weighted by molar-refractivity contribution is 5.53. The van der Waals surface area contributed by atoms with E-state index in [0.29, 0.717) is 56.1 Å². The van der Waals surface area contributed by atoms with Crippen molar-refractivity contribution in [2.75, 3.05) is 42.6 Å². The molecule has 4 aromatic heterocycles. The maximum atomic E-state index is 14.3. The monoisotopic (exact) mass is 410 g/mol. The first-order chi connectivity index (χ1) is 14.8. The molecule has 0 spiro atoms. The Kier molecular flexibility index (Phi) is 3.94. The van der Waals surface area contributed by atoms with E-state index < -0.39 is 0 Å². The van der Waals surface area contributed by atoms with Crippen molar-refractivity contribution in [3.8, 4) is 0 Å². The molecule has 0 bridgehead atoms. The number of rotatable bonds is 3. The third-order valence-corrected chi connectivity index (χ3v) is 5.61. The molecule has 6 heterocycles. The molecule has 0 amide bonds. The highest BCUT2D eigenvalue weighted by Gasteiger charge is 2.36. The Morgan fingerprint density at radius 3 is 2.87 bits per heavy atom. The summed E-state index contributed by atoms with van der Waals surface area (Å²) in [6.45, 7) is 3.32. The van der Waals surface area contributed by atoms with Gasteiger partial charge in [0, 0.05) is 37.9 Å². The van der Waals surface area contributed by atoms with Crippen molar-refractivity contribution in [3.63, 3.8) is 0 Å². The van der Waals surface area contributed by atoms with Crippen LogP contribution >= 0.6 is 0 Å². The minimum atomic E-state index is -0.364. The van der Waals surface area contributed by atoms with E-state index in [9.17, 15) is 4.39 Å². The van der Waals surface area contributed by atoms with Crippen molar-refractivity contribution < 1.29 is 13.5 Å². The largest absolute Gasteiger partial charge is 0.389 e. The Morgan fingerprint density at radius 2 is 2.00 bits per heavy atom. The third-order valence-electron chi connectivity index (χ3n) is 5.61. The molecular formula is C19H19FN8O2. The fourth-order valence-corrected chi connectivity index (χ4v) is 4.12. The van der Waals surface area contributed by atoms with Gasteiger partial charge in [0.15, 0.2) is 0 Å². The van der Waals surface area contributed by atoms with Gasteiger partial charge in [0.2, 0.25) is 0 Å². The predicted octanol–water partition coefficient (Wildman–Crippen LogP) is 1.57. The number of hydrogen-bond acceptors (Lipinski definition) is 8. The van der Waals surface area contributed by atoms with Crippen molar-refractivity contribution in [1.82, 2.24) is 29.8 Å². The summed E-state index contributed by atoms with van der Waals surface area (Å²) >= 11 is 0. The number of pyridine rings is 1. The number of aromatic amines is 1. The minimum absolute atomic E-state index is 0.326. The van der Waals surface area contributed by atoms with Gasteiger partial charge in [0.05, 0.1) is 30.9 Å². The van der Waals surface area contributed by atoms with Gasteiger partial charge < -0.3 is 23.9 Å². The second kappa shape index (κ2) is 6.80. The first-order valence-electron chi connectivity index (χ1n) is 9.87. The van der Waals surface area contributed by atoms with Crippen LogP contribution in [0.3, 0.4) is 0 Å². The lowest BCUT2D eigenvalue weighted by molar-refractivity contribution is 0.120. The Hall–Kier alpha value is -3.47. The number of H-pyrrole nitrogens is 1. The van der Waals surface area contributed by atoms with Crippen LogP contribution in [0.5, 0.6) is 0 Å². The summed E-state index contributed by atoms with van der Waals surface area (Å²) < 4.78 is 27.2. The van der Waals surface area contributed by atoms with Gasteiger partial charge in [-0.15, -0.1) is 0 Å². The van der Waals surface area contributed by atoms with E-state index in [1.165, 1.54) is 10.6 Å². The fraction of sp³-hybridized carbons (Fsp3) is 0.368. The number of halogens is 1. The van der Waals surface area contributed by atoms with Crippen molar-refractivity contribution >= 4 is 17.5 Å². The lowest BCUT2D eigenvalue weighted by atomic mass is 10.0. The Bertz CT molecular complexity index is 1190. The molecule has 1 unspecified atom stereocenters. The van der Waals surface area contributed by atoms with Crippen molar-refractivity contribution in [3.05, 3.63) is 53.6 Å². The Balaban J connectivity index is 1.42. The van der Waals surface area contributed by atoms with Crippen LogP contribution in [0.15, 0.2) is 35.1 Å². The molecule has 0 aliphatic carbocycles. The van der Waals surface area contributed by atoms with E-state index in [4.69, 9.17) is 9.15 Å². The van der Waals surface area contributed by atoms with Gasteiger partial charge in [0.1, 0.15) is 17.4 Å². The van der Waals surface area contributed by atoms with Gasteiger partial charge in [0.25, 0.3) is 0 Å². The molecule has 1 atom stereocenters. The molecule has 0 radical (unpaired) electrons. The summed E-state index contributed by atoms with van der Waals surface area (Å²) in [5.41, 5.74) is 2.94. The summed E-state index contributed by atoms with van der Waals surface area (Å²) in [5, 5.41) is 13.2. The number of imidazole rings is 1. The SMILES string of the molecule is Fc1cccn2nc(C3c4nc[nH]c4CCN3c3nnc(N4CCOCC4)o3)cc12. The van der Waals surface area contributed by atoms with Crippen molar-refractivity contribution in [2.45, 2.75) is 12.5 Å². The van der Waals surface area contributed by atoms with Gasteiger partial charge in [-0.05, 0) is 18.2 Å². The summed E-state index contributed by atoms with van der Waals surface area (Å²) in [4.78, 5) is 11.7. The maximum Gasteiger partial charge on any atom is 0.320 e. The van der Waals surface area contributed by atoms with Crippen LogP contribution in [0.4, 0.5) is 16.4 Å². The number of aromatic nitrogens is 6. The summed E-state index contributed by atoms with van der Waals surface area (Å²) in [5.74, 6) is -0.326. The van der Waals surface area contributed by atoms with Gasteiger partial charge >= 0.3 is 12.0 Å². The molecule has 6 rings (SSSR count). The molecule has 2 aliphatic heterocycles. The molecule has 4 aromatic rings. The van der Waals surface area contributed by atoms with Gasteiger partial charge in [-0.25, -0.2) is 13.9 Å². The molecule has 11 heteroatoms. The number of nitrogens with one attached hydrogen (secondary N) is 1. The highest BCUT2D eigenvalue weighted by Crippen LogP contribution is 2.37. The van der Waals surface area contributed by atoms with Crippen molar-refractivity contribution in [1.29, 1.82) is 0 Å². The molecule has 30 heavy (non-hydrogen) atoms. The van der Waals surface area contributed by atoms with E-state index in [-0.39, 0.29) is 11.9 Å². The molecular weight excluding hydrogens is 391 g/mol. The molecule has 0 aromatic carbocycles. The third kappa shape index (κ3) is 2.73. The van der Waals surface area contributed by atoms with Crippen LogP contribution in [-0.4, -0.2) is 62.6 Å². The van der Waals surface area contributed by atoms with E-state index in [0.717, 1.165) is 17.8 Å². The summed E-state index contributed by atoms with van der Waals surface area (Å²) in [7, 11) is 0. The first kappa shape index (κ1) is 17.4. The van der Waals surface area contributed by atoms with Crippen molar-refractivity contribution in [2.24, 2.45) is 0 Å². The van der Waals surface area contributed by atoms with Crippen LogP contribution in [0, 0.1) is 5.82 Å². The second-order valence-corrected chi connectivity index (χ2v) is 7.33. The standard InChI is InChI=1S/C19H19FN8O2/c20-12-2-1-4-28-15(12)10-14(25-28)17-16-13(21-11-22-16)3-5-27(17)19-24-23-18(30-19)26-6-8-29-9-7-26/h1-2,4,10-11,17H,3,5-9H2,(H,21,22). The zero-order chi connectivity index (χ0) is 20.1. The molecule has 1 saturated heterocycles. The van der Waals surface area contributed by atoms with Gasteiger partial charge in [-0.3, -0.25) is 0 Å². The average molecular weight is 410 g/mol. The summed E-state index contributed by atoms with van der Waals surface area (Å²) in [6, 6.07) is 5.30. The van der Waals surface area contributed by atoms with Crippen LogP contribution < -0.4 is 9.80 Å². The van der Waals surface area contributed by atoms with E-state index in [2.05, 4.69) is 25.3 Å². The Labute approximate surface area is 170 Å². The number of anilines is 2. The number of fused-ring (bicyclic) bond motifs is 2. The molecule has 0 saturated carbocycles. The number of morpholine rings is 1. The number of hydrogen-bond donors (Lipinski definition) is 1. The molecule has 2 aliphatic rings. The minimum Gasteiger partial charge on any atom is -0.389 e. The molecule has 10 nitrogen and oxygen atoms in total. The van der Waals surface area contributed by atoms with E-state index in [1.807, 2.05) is 9.80 Å². The molecule has 154 valence electrons. The summed E-state index contributed by atoms with van der Waals surface area (Å²) in [6.07, 6.45) is 4.15. The average Bonchev–Trinajstić information content (AvgIpc) is 3.52. The predicted molar refractivity (Wildman–Crippen MR) is 104 cm³/mol. The molecule has 1 N–H and O–H groups in total. The van der Waals surface area contributed by atoms with E-state index in [1.54, 1.807) is 24.7 Å². The maximum absolute atomic E-state index is 14.3. The highest BCUT2D eigenvalue weighted by atomic mass is 19.1. The zero-order valence-electron chi connectivity index (χ0n) is 16.0. The van der Waals surface area contributed by atoms with Crippen LogP contribution in [0.25, 0.3) is 5.52 Å². The molecule has 1 fully saturated rings. The second-order valence-electron chi connectivity index (χ2n) is 7.33. The fourth-order valence-electron chi connectivity index (χ4n) is 4.12. The normalized spacial score (nSPS) is 19.4. The lowest BCUT2D eigenvalue weighted by Gasteiger charge is -2.32. The van der Waals surface area contributed by atoms with Crippen LogP contribution in [-0.2, 0) is 11.2 Å². The van der Waals surface area contributed by atoms with Crippen LogP contribution in [0.1, 0.15) is 23.1 Å². The van der Waals surface area contributed by atoms with Gasteiger partial charge in [-0.2, -0.15) is 5.10 Å². The quantitative estimate of drug-likeness (QED) is 0.543. The number of ether oxygens (including phenoxy) is 1. The van der Waals surface area contributed by atoms with Crippen LogP contribution in [0.2, 0.25) is 0 Å². The van der Waals surface area contributed by atoms with Gasteiger partial charge in [-0.1, -0.05) is 10.2 Å². The Morgan fingerprint density at radius 1 is 1.13 bits per heavy atom. The lowest BCUT2D eigenvalue weighted by Crippen LogP contribution is -2.37.